The third kappa shape index (κ3) is 7.57. The molecule has 2 heteroatoms. The lowest BCUT2D eigenvalue weighted by molar-refractivity contribution is 0.0943. The zero-order valence-corrected chi connectivity index (χ0v) is 13.7. The first kappa shape index (κ1) is 17.3. The number of nitrogens with one attached hydrogen (secondary N) is 1. The summed E-state index contributed by atoms with van der Waals surface area (Å²) in [5.41, 5.74) is 2.41. The van der Waals surface area contributed by atoms with E-state index in [0.29, 0.717) is 19.3 Å². The Morgan fingerprint density at radius 1 is 1.14 bits per heavy atom. The van der Waals surface area contributed by atoms with Crippen LogP contribution in [-0.4, -0.2) is 20.3 Å². The van der Waals surface area contributed by atoms with Crippen molar-refractivity contribution in [3.8, 4) is 23.7 Å². The molecule has 1 aromatic carbocycles. The van der Waals surface area contributed by atoms with Crippen LogP contribution in [0.4, 0.5) is 0 Å². The minimum Gasteiger partial charge on any atom is -0.368 e. The van der Waals surface area contributed by atoms with Gasteiger partial charge in [-0.15, -0.1) is 0 Å². The molecule has 0 radical (unpaired) electrons. The molecule has 1 unspecified atom stereocenters. The fraction of sp³-hybridized carbons (Fsp3) is 0.474. The summed E-state index contributed by atoms with van der Waals surface area (Å²) < 4.78 is 5.46. The predicted molar refractivity (Wildman–Crippen MR) is 88.8 cm³/mol. The van der Waals surface area contributed by atoms with Gasteiger partial charge in [-0.05, 0) is 48.9 Å². The molecule has 0 heterocycles. The van der Waals surface area contributed by atoms with Crippen LogP contribution in [0.3, 0.4) is 0 Å². The molecule has 0 saturated carbocycles. The number of benzene rings is 1. The van der Waals surface area contributed by atoms with Crippen molar-refractivity contribution in [2.24, 2.45) is 5.41 Å². The second-order valence-electron chi connectivity index (χ2n) is 6.24. The van der Waals surface area contributed by atoms with Gasteiger partial charge in [-0.1, -0.05) is 44.7 Å². The lowest BCUT2D eigenvalue weighted by Gasteiger charge is -2.16. The standard InChI is InChI=1S/C19H25NO/c1-16(20-5)18-12-10-17(11-13-18)9-7-6-8-14-21-15-19(2,3)4/h10-13,16,20H,14-15H2,1-5H3. The first-order valence-electron chi connectivity index (χ1n) is 7.26. The summed E-state index contributed by atoms with van der Waals surface area (Å²) in [6.07, 6.45) is 0. The molecule has 0 bridgehead atoms. The van der Waals surface area contributed by atoms with E-state index in [1.54, 1.807) is 0 Å². The molecule has 0 spiro atoms. The van der Waals surface area contributed by atoms with Gasteiger partial charge in [0.15, 0.2) is 0 Å². The molecular weight excluding hydrogens is 258 g/mol. The summed E-state index contributed by atoms with van der Waals surface area (Å²) in [6.45, 7) is 9.69. The van der Waals surface area contributed by atoms with Gasteiger partial charge in [0.05, 0.1) is 6.61 Å². The highest BCUT2D eigenvalue weighted by atomic mass is 16.5. The zero-order chi connectivity index (χ0) is 15.7. The molecule has 0 aromatic heterocycles. The Morgan fingerprint density at radius 3 is 2.38 bits per heavy atom. The summed E-state index contributed by atoms with van der Waals surface area (Å²) >= 11 is 0. The highest BCUT2D eigenvalue weighted by Crippen LogP contribution is 2.12. The molecule has 112 valence electrons. The Hall–Kier alpha value is -1.74. The van der Waals surface area contributed by atoms with E-state index < -0.39 is 0 Å². The molecule has 0 aliphatic carbocycles. The van der Waals surface area contributed by atoms with Crippen LogP contribution in [0, 0.1) is 29.1 Å². The summed E-state index contributed by atoms with van der Waals surface area (Å²) in [6, 6.07) is 8.57. The minimum atomic E-state index is 0.180. The molecule has 1 aromatic rings. The molecule has 1 atom stereocenters. The average molecular weight is 283 g/mol. The molecule has 0 saturated heterocycles. The maximum absolute atomic E-state index is 5.46. The van der Waals surface area contributed by atoms with Gasteiger partial charge in [0, 0.05) is 11.6 Å². The average Bonchev–Trinajstić information content (AvgIpc) is 2.45. The van der Waals surface area contributed by atoms with E-state index in [4.69, 9.17) is 4.74 Å². The van der Waals surface area contributed by atoms with Crippen molar-refractivity contribution < 1.29 is 4.74 Å². The molecule has 21 heavy (non-hydrogen) atoms. The molecular formula is C19H25NO. The lowest BCUT2D eigenvalue weighted by atomic mass is 9.99. The highest BCUT2D eigenvalue weighted by Gasteiger charge is 2.08. The fourth-order valence-electron chi connectivity index (χ4n) is 1.61. The van der Waals surface area contributed by atoms with Crippen molar-refractivity contribution in [1.29, 1.82) is 0 Å². The number of hydrogen-bond donors (Lipinski definition) is 1. The van der Waals surface area contributed by atoms with E-state index in [-0.39, 0.29) is 5.41 Å². The topological polar surface area (TPSA) is 21.3 Å². The minimum absolute atomic E-state index is 0.180. The molecule has 0 fully saturated rings. The third-order valence-corrected chi connectivity index (χ3v) is 2.91. The fourth-order valence-corrected chi connectivity index (χ4v) is 1.61. The van der Waals surface area contributed by atoms with Gasteiger partial charge in [-0.2, -0.15) is 0 Å². The smallest absolute Gasteiger partial charge is 0.108 e. The van der Waals surface area contributed by atoms with Crippen molar-refractivity contribution in [2.75, 3.05) is 20.3 Å². The largest absolute Gasteiger partial charge is 0.368 e. The van der Waals surface area contributed by atoms with E-state index in [2.05, 4.69) is 68.8 Å². The van der Waals surface area contributed by atoms with Gasteiger partial charge >= 0.3 is 0 Å². The second-order valence-corrected chi connectivity index (χ2v) is 6.24. The number of ether oxygens (including phenoxy) is 1. The van der Waals surface area contributed by atoms with Crippen LogP contribution >= 0.6 is 0 Å². The Labute approximate surface area is 129 Å². The quantitative estimate of drug-likeness (QED) is 0.675. The molecule has 0 aliphatic heterocycles. The normalized spacial score (nSPS) is 11.9. The van der Waals surface area contributed by atoms with Crippen molar-refractivity contribution >= 4 is 0 Å². The van der Waals surface area contributed by atoms with Crippen molar-refractivity contribution in [2.45, 2.75) is 33.7 Å². The SMILES string of the molecule is CNC(C)c1ccc(C#CC#CCOCC(C)(C)C)cc1. The van der Waals surface area contributed by atoms with Crippen LogP contribution in [0.5, 0.6) is 0 Å². The molecule has 0 aliphatic rings. The highest BCUT2D eigenvalue weighted by molar-refractivity contribution is 5.41. The van der Waals surface area contributed by atoms with Gasteiger partial charge in [0.1, 0.15) is 6.61 Å². The zero-order valence-electron chi connectivity index (χ0n) is 13.7. The van der Waals surface area contributed by atoms with Gasteiger partial charge < -0.3 is 10.1 Å². The summed E-state index contributed by atoms with van der Waals surface area (Å²) in [7, 11) is 1.95. The van der Waals surface area contributed by atoms with Crippen LogP contribution in [0.1, 0.15) is 44.9 Å². The van der Waals surface area contributed by atoms with Crippen molar-refractivity contribution in [1.82, 2.24) is 5.32 Å². The van der Waals surface area contributed by atoms with Crippen LogP contribution in [0.25, 0.3) is 0 Å². The van der Waals surface area contributed by atoms with Crippen molar-refractivity contribution in [3.05, 3.63) is 35.4 Å². The van der Waals surface area contributed by atoms with Crippen LogP contribution in [0.15, 0.2) is 24.3 Å². The van der Waals surface area contributed by atoms with Gasteiger partial charge in [0.25, 0.3) is 0 Å². The number of hydrogen-bond acceptors (Lipinski definition) is 2. The molecule has 1 N–H and O–H groups in total. The van der Waals surface area contributed by atoms with Crippen LogP contribution in [0.2, 0.25) is 0 Å². The Balaban J connectivity index is 2.45. The van der Waals surface area contributed by atoms with Crippen molar-refractivity contribution in [3.63, 3.8) is 0 Å². The number of rotatable bonds is 4. The Morgan fingerprint density at radius 2 is 1.81 bits per heavy atom. The summed E-state index contributed by atoms with van der Waals surface area (Å²) in [5.74, 6) is 11.6. The van der Waals surface area contributed by atoms with E-state index in [9.17, 15) is 0 Å². The summed E-state index contributed by atoms with van der Waals surface area (Å²) in [4.78, 5) is 0. The van der Waals surface area contributed by atoms with E-state index >= 15 is 0 Å². The van der Waals surface area contributed by atoms with Crippen LogP contribution in [-0.2, 0) is 4.74 Å². The third-order valence-electron chi connectivity index (χ3n) is 2.91. The molecule has 0 amide bonds. The predicted octanol–water partition coefficient (Wildman–Crippen LogP) is 3.38. The van der Waals surface area contributed by atoms with Crippen LogP contribution < -0.4 is 5.32 Å². The molecule has 1 rings (SSSR count). The Bertz CT molecular complexity index is 544. The first-order valence-corrected chi connectivity index (χ1v) is 7.26. The van der Waals surface area contributed by atoms with E-state index in [1.807, 2.05) is 19.2 Å². The van der Waals surface area contributed by atoms with Gasteiger partial charge in [-0.25, -0.2) is 0 Å². The monoisotopic (exact) mass is 283 g/mol. The van der Waals surface area contributed by atoms with Gasteiger partial charge in [-0.3, -0.25) is 0 Å². The Kier molecular flexibility index (Phi) is 7.03. The maximum atomic E-state index is 5.46. The first-order chi connectivity index (χ1) is 9.92. The second kappa shape index (κ2) is 8.53. The lowest BCUT2D eigenvalue weighted by Crippen LogP contribution is -2.14. The molecule has 2 nitrogen and oxygen atoms in total. The van der Waals surface area contributed by atoms with Gasteiger partial charge in [0.2, 0.25) is 0 Å². The van der Waals surface area contributed by atoms with E-state index in [1.165, 1.54) is 5.56 Å². The van der Waals surface area contributed by atoms with E-state index in [0.717, 1.165) is 5.56 Å². The maximum Gasteiger partial charge on any atom is 0.108 e. The summed E-state index contributed by atoms with van der Waals surface area (Å²) in [5, 5.41) is 3.21.